The molecule has 27 heavy (non-hydrogen) atoms. The fourth-order valence-electron chi connectivity index (χ4n) is 4.60. The normalized spacial score (nSPS) is 20.4. The summed E-state index contributed by atoms with van der Waals surface area (Å²) in [6.07, 6.45) is 8.30. The molecule has 2 aliphatic rings. The summed E-state index contributed by atoms with van der Waals surface area (Å²) in [6.45, 7) is 0. The van der Waals surface area contributed by atoms with E-state index in [1.54, 1.807) is 0 Å². The summed E-state index contributed by atoms with van der Waals surface area (Å²) >= 11 is 12.7. The van der Waals surface area contributed by atoms with Gasteiger partial charge < -0.3 is 4.90 Å². The number of para-hydroxylation sites is 1. The first kappa shape index (κ1) is 18.8. The highest BCUT2D eigenvalue weighted by Crippen LogP contribution is 2.37. The number of fused-ring (bicyclic) bond motifs is 1. The van der Waals surface area contributed by atoms with Crippen molar-refractivity contribution in [2.75, 3.05) is 4.90 Å². The molecule has 0 N–H and O–H groups in total. The monoisotopic (exact) mass is 401 g/mol. The number of carbonyl (C=O) groups is 1. The van der Waals surface area contributed by atoms with Gasteiger partial charge in [-0.05, 0) is 55.4 Å². The molecule has 0 saturated heterocycles. The first-order valence-corrected chi connectivity index (χ1v) is 10.7. The molecule has 0 bridgehead atoms. The summed E-state index contributed by atoms with van der Waals surface area (Å²) in [4.78, 5) is 15.6. The van der Waals surface area contributed by atoms with Gasteiger partial charge in [0.25, 0.3) is 0 Å². The third kappa shape index (κ3) is 3.88. The molecular weight excluding hydrogens is 377 g/mol. The molecule has 1 heterocycles. The highest BCUT2D eigenvalue weighted by atomic mass is 35.5. The molecule has 1 aliphatic heterocycles. The van der Waals surface area contributed by atoms with E-state index in [1.165, 1.54) is 12.0 Å². The molecule has 0 spiro atoms. The number of carbonyl (C=O) groups excluding carboxylic acids is 1. The summed E-state index contributed by atoms with van der Waals surface area (Å²) < 4.78 is 0. The van der Waals surface area contributed by atoms with Gasteiger partial charge in [0.1, 0.15) is 0 Å². The Morgan fingerprint density at radius 3 is 2.56 bits per heavy atom. The number of benzene rings is 2. The number of hydrogen-bond acceptors (Lipinski definition) is 1. The molecule has 1 saturated carbocycles. The average Bonchev–Trinajstić information content (AvgIpc) is 2.71. The van der Waals surface area contributed by atoms with Crippen molar-refractivity contribution < 1.29 is 4.79 Å². The molecule has 1 aliphatic carbocycles. The number of aryl methyl sites for hydroxylation is 1. The smallest absolute Gasteiger partial charge is 0.230 e. The first-order chi connectivity index (χ1) is 13.1. The number of anilines is 1. The Morgan fingerprint density at radius 1 is 0.963 bits per heavy atom. The average molecular weight is 402 g/mol. The zero-order valence-electron chi connectivity index (χ0n) is 15.5. The minimum atomic E-state index is 0.130. The fraction of sp³-hybridized carbons (Fsp3) is 0.435. The van der Waals surface area contributed by atoms with E-state index in [0.29, 0.717) is 16.0 Å². The zero-order valence-corrected chi connectivity index (χ0v) is 17.0. The maximum Gasteiger partial charge on any atom is 0.230 e. The molecule has 4 heteroatoms. The minimum absolute atomic E-state index is 0.130. The Bertz CT molecular complexity index is 829. The van der Waals surface area contributed by atoms with Gasteiger partial charge in [0.2, 0.25) is 5.91 Å². The van der Waals surface area contributed by atoms with Crippen molar-refractivity contribution in [2.24, 2.45) is 5.92 Å². The van der Waals surface area contributed by atoms with Crippen LogP contribution in [0.5, 0.6) is 0 Å². The first-order valence-electron chi connectivity index (χ1n) is 9.99. The lowest BCUT2D eigenvalue weighted by molar-refractivity contribution is -0.123. The molecule has 1 unspecified atom stereocenters. The molecule has 2 nitrogen and oxygen atoms in total. The maximum absolute atomic E-state index is 13.5. The van der Waals surface area contributed by atoms with Crippen LogP contribution in [0.25, 0.3) is 0 Å². The van der Waals surface area contributed by atoms with Crippen LogP contribution in [0.1, 0.15) is 49.7 Å². The minimum Gasteiger partial charge on any atom is -0.309 e. The van der Waals surface area contributed by atoms with Crippen molar-refractivity contribution >= 4 is 34.8 Å². The van der Waals surface area contributed by atoms with E-state index in [2.05, 4.69) is 23.1 Å². The molecule has 1 atom stereocenters. The van der Waals surface area contributed by atoms with Crippen LogP contribution < -0.4 is 4.90 Å². The van der Waals surface area contributed by atoms with Gasteiger partial charge in [0, 0.05) is 17.6 Å². The lowest BCUT2D eigenvalue weighted by Gasteiger charge is -2.40. The van der Waals surface area contributed by atoms with Crippen molar-refractivity contribution in [3.8, 4) is 0 Å². The van der Waals surface area contributed by atoms with E-state index in [9.17, 15) is 4.79 Å². The maximum atomic E-state index is 13.5. The Hall–Kier alpha value is -1.51. The van der Waals surface area contributed by atoms with Gasteiger partial charge in [-0.3, -0.25) is 4.79 Å². The van der Waals surface area contributed by atoms with Crippen LogP contribution in [0, 0.1) is 5.92 Å². The lowest BCUT2D eigenvalue weighted by Crippen LogP contribution is -2.48. The molecule has 2 aromatic carbocycles. The summed E-state index contributed by atoms with van der Waals surface area (Å²) in [6, 6.07) is 14.3. The SMILES string of the molecule is O=C(C1CCCCC1)N1c2ccccc2CCC1Cc1cccc(Cl)c1Cl. The second kappa shape index (κ2) is 8.24. The molecule has 1 fully saturated rings. The van der Waals surface area contributed by atoms with Gasteiger partial charge in [-0.2, -0.15) is 0 Å². The van der Waals surface area contributed by atoms with E-state index >= 15 is 0 Å². The Balaban J connectivity index is 1.67. The number of rotatable bonds is 3. The van der Waals surface area contributed by atoms with Crippen molar-refractivity contribution in [1.82, 2.24) is 0 Å². The second-order valence-corrected chi connectivity index (χ2v) is 8.57. The van der Waals surface area contributed by atoms with Crippen molar-refractivity contribution in [3.63, 3.8) is 0 Å². The quantitative estimate of drug-likeness (QED) is 0.577. The van der Waals surface area contributed by atoms with Gasteiger partial charge in [0.15, 0.2) is 0 Å². The van der Waals surface area contributed by atoms with Crippen LogP contribution in [0.2, 0.25) is 10.0 Å². The Labute approximate surface area is 171 Å². The van der Waals surface area contributed by atoms with Crippen molar-refractivity contribution in [2.45, 2.75) is 57.4 Å². The Kier molecular flexibility index (Phi) is 5.75. The predicted molar refractivity (Wildman–Crippen MR) is 113 cm³/mol. The highest BCUT2D eigenvalue weighted by molar-refractivity contribution is 6.42. The van der Waals surface area contributed by atoms with Gasteiger partial charge >= 0.3 is 0 Å². The number of halogens is 2. The highest BCUT2D eigenvalue weighted by Gasteiger charge is 2.35. The second-order valence-electron chi connectivity index (χ2n) is 7.78. The molecule has 2 aromatic rings. The molecule has 0 aromatic heterocycles. The van der Waals surface area contributed by atoms with E-state index in [-0.39, 0.29) is 12.0 Å². The predicted octanol–water partition coefficient (Wildman–Crippen LogP) is 6.46. The van der Waals surface area contributed by atoms with E-state index in [4.69, 9.17) is 23.2 Å². The van der Waals surface area contributed by atoms with E-state index in [1.807, 2.05) is 24.3 Å². The van der Waals surface area contributed by atoms with E-state index < -0.39 is 0 Å². The third-order valence-electron chi connectivity index (χ3n) is 6.04. The van der Waals surface area contributed by atoms with Gasteiger partial charge in [-0.25, -0.2) is 0 Å². The fourth-order valence-corrected chi connectivity index (χ4v) is 5.00. The largest absolute Gasteiger partial charge is 0.309 e. The topological polar surface area (TPSA) is 20.3 Å². The molecular formula is C23H25Cl2NO. The summed E-state index contributed by atoms with van der Waals surface area (Å²) in [5, 5.41) is 1.19. The Morgan fingerprint density at radius 2 is 1.74 bits per heavy atom. The van der Waals surface area contributed by atoms with Gasteiger partial charge in [-0.1, -0.05) is 72.8 Å². The molecule has 1 amide bonds. The molecule has 142 valence electrons. The zero-order chi connectivity index (χ0) is 18.8. The van der Waals surface area contributed by atoms with Gasteiger partial charge in [0.05, 0.1) is 10.0 Å². The molecule has 0 radical (unpaired) electrons. The van der Waals surface area contributed by atoms with Crippen LogP contribution in [0.15, 0.2) is 42.5 Å². The van der Waals surface area contributed by atoms with Crippen LogP contribution in [0.3, 0.4) is 0 Å². The van der Waals surface area contributed by atoms with Gasteiger partial charge in [-0.15, -0.1) is 0 Å². The standard InChI is InChI=1S/C23H25Cl2NO/c24-20-11-6-10-18(22(20)25)15-19-14-13-16-7-4-5-12-21(16)26(19)23(27)17-8-2-1-3-9-17/h4-7,10-12,17,19H,1-3,8-9,13-15H2. The lowest BCUT2D eigenvalue weighted by atomic mass is 9.85. The van der Waals surface area contributed by atoms with Crippen LogP contribution in [0.4, 0.5) is 5.69 Å². The molecule has 4 rings (SSSR count). The van der Waals surface area contributed by atoms with Crippen molar-refractivity contribution in [1.29, 1.82) is 0 Å². The number of nitrogens with zero attached hydrogens (tertiary/aromatic N) is 1. The van der Waals surface area contributed by atoms with Crippen molar-refractivity contribution in [3.05, 3.63) is 63.6 Å². The van der Waals surface area contributed by atoms with Crippen LogP contribution >= 0.6 is 23.2 Å². The summed E-state index contributed by atoms with van der Waals surface area (Å²) in [5.74, 6) is 0.451. The third-order valence-corrected chi connectivity index (χ3v) is 6.90. The number of hydrogen-bond donors (Lipinski definition) is 0. The summed E-state index contributed by atoms with van der Waals surface area (Å²) in [7, 11) is 0. The van der Waals surface area contributed by atoms with Crippen LogP contribution in [-0.4, -0.2) is 11.9 Å². The summed E-state index contributed by atoms with van der Waals surface area (Å²) in [5.41, 5.74) is 3.38. The number of amides is 1. The van der Waals surface area contributed by atoms with E-state index in [0.717, 1.165) is 56.2 Å². The van der Waals surface area contributed by atoms with Crippen LogP contribution in [-0.2, 0) is 17.6 Å².